The van der Waals surface area contributed by atoms with Crippen molar-refractivity contribution in [2.45, 2.75) is 32.7 Å². The average Bonchev–Trinajstić information content (AvgIpc) is 3.05. The van der Waals surface area contributed by atoms with Crippen LogP contribution in [0.3, 0.4) is 0 Å². The number of rotatable bonds is 3. The zero-order chi connectivity index (χ0) is 16.5. The molecule has 0 amide bonds. The quantitative estimate of drug-likeness (QED) is 0.930. The predicted octanol–water partition coefficient (Wildman–Crippen LogP) is 4.01. The molecule has 3 heteroatoms. The highest BCUT2D eigenvalue weighted by atomic mass is 16.7. The van der Waals surface area contributed by atoms with Crippen molar-refractivity contribution in [3.05, 3.63) is 71.3 Å². The summed E-state index contributed by atoms with van der Waals surface area (Å²) in [5.74, 6) is -0.880. The molecule has 1 atom stereocenters. The van der Waals surface area contributed by atoms with Crippen LogP contribution in [-0.2, 0) is 15.3 Å². The van der Waals surface area contributed by atoms with Crippen molar-refractivity contribution in [1.29, 1.82) is 0 Å². The Morgan fingerprint density at radius 2 is 1.52 bits per heavy atom. The Bertz CT molecular complexity index is 652. The van der Waals surface area contributed by atoms with Gasteiger partial charge in [0.05, 0.1) is 19.3 Å². The van der Waals surface area contributed by atoms with Gasteiger partial charge in [-0.2, -0.15) is 0 Å². The summed E-state index contributed by atoms with van der Waals surface area (Å²) in [4.78, 5) is 0. The largest absolute Gasteiger partial charge is 0.388 e. The summed E-state index contributed by atoms with van der Waals surface area (Å²) in [5.41, 5.74) is 2.54. The molecule has 1 unspecified atom stereocenters. The molecule has 3 rings (SSSR count). The van der Waals surface area contributed by atoms with Gasteiger partial charge in [0, 0.05) is 11.1 Å². The second-order valence-electron chi connectivity index (χ2n) is 7.07. The minimum atomic E-state index is -0.880. The minimum absolute atomic E-state index is 0.226. The van der Waals surface area contributed by atoms with Gasteiger partial charge in [-0.15, -0.1) is 0 Å². The minimum Gasteiger partial charge on any atom is -0.388 e. The molecule has 1 fully saturated rings. The van der Waals surface area contributed by atoms with Crippen molar-refractivity contribution in [3.63, 3.8) is 0 Å². The van der Waals surface area contributed by atoms with Gasteiger partial charge in [-0.3, -0.25) is 0 Å². The first kappa shape index (κ1) is 16.2. The lowest BCUT2D eigenvalue weighted by Gasteiger charge is -2.31. The fraction of sp³-hybridized carbons (Fsp3) is 0.400. The Morgan fingerprint density at radius 3 is 2.13 bits per heavy atom. The summed E-state index contributed by atoms with van der Waals surface area (Å²) in [7, 11) is 0. The highest BCUT2D eigenvalue weighted by molar-refractivity contribution is 5.37. The van der Waals surface area contributed by atoms with Crippen molar-refractivity contribution in [2.24, 2.45) is 5.41 Å². The third kappa shape index (κ3) is 3.05. The topological polar surface area (TPSA) is 38.7 Å². The van der Waals surface area contributed by atoms with Crippen molar-refractivity contribution < 1.29 is 14.6 Å². The van der Waals surface area contributed by atoms with Crippen LogP contribution in [0.2, 0.25) is 0 Å². The number of aliphatic hydroxyl groups is 1. The third-order valence-corrected chi connectivity index (χ3v) is 4.25. The number of ether oxygens (including phenoxy) is 2. The van der Waals surface area contributed by atoms with Crippen molar-refractivity contribution >= 4 is 0 Å². The molecule has 0 saturated carbocycles. The van der Waals surface area contributed by atoms with Crippen LogP contribution in [0.4, 0.5) is 0 Å². The Hall–Kier alpha value is -1.68. The van der Waals surface area contributed by atoms with Gasteiger partial charge in [0.1, 0.15) is 0 Å². The molecule has 2 aromatic rings. The Labute approximate surface area is 137 Å². The molecule has 1 N–H and O–H groups in total. The normalized spacial score (nSPS) is 18.8. The molecule has 0 spiro atoms. The Kier molecular flexibility index (Phi) is 4.28. The highest BCUT2D eigenvalue weighted by Gasteiger charge is 2.41. The molecule has 1 aliphatic heterocycles. The summed E-state index contributed by atoms with van der Waals surface area (Å²) in [6.07, 6.45) is -0.545. The van der Waals surface area contributed by atoms with Crippen LogP contribution in [-0.4, -0.2) is 18.3 Å². The molecule has 0 radical (unpaired) electrons. The summed E-state index contributed by atoms with van der Waals surface area (Å²) in [6.45, 7) is 7.20. The molecule has 122 valence electrons. The Morgan fingerprint density at radius 1 is 0.913 bits per heavy atom. The fourth-order valence-corrected chi connectivity index (χ4v) is 2.98. The van der Waals surface area contributed by atoms with Gasteiger partial charge in [-0.05, 0) is 17.0 Å². The van der Waals surface area contributed by atoms with Crippen LogP contribution >= 0.6 is 0 Å². The molecule has 0 bridgehead atoms. The molecular weight excluding hydrogens is 288 g/mol. The lowest BCUT2D eigenvalue weighted by molar-refractivity contribution is -0.130. The first-order valence-corrected chi connectivity index (χ1v) is 8.05. The van der Waals surface area contributed by atoms with Crippen molar-refractivity contribution in [1.82, 2.24) is 0 Å². The van der Waals surface area contributed by atoms with Crippen LogP contribution in [0.5, 0.6) is 0 Å². The molecule has 3 nitrogen and oxygen atoms in total. The lowest BCUT2D eigenvalue weighted by Crippen LogP contribution is -2.29. The number of hydrogen-bond acceptors (Lipinski definition) is 3. The van der Waals surface area contributed by atoms with E-state index in [0.717, 1.165) is 16.7 Å². The summed E-state index contributed by atoms with van der Waals surface area (Å²) in [6, 6.07) is 17.9. The summed E-state index contributed by atoms with van der Waals surface area (Å²) >= 11 is 0. The first-order chi connectivity index (χ1) is 10.9. The average molecular weight is 312 g/mol. The summed E-state index contributed by atoms with van der Waals surface area (Å²) in [5, 5.41) is 10.6. The molecule has 1 aliphatic rings. The number of hydrogen-bond donors (Lipinski definition) is 1. The van der Waals surface area contributed by atoms with E-state index in [9.17, 15) is 5.11 Å². The first-order valence-electron chi connectivity index (χ1n) is 8.05. The van der Waals surface area contributed by atoms with E-state index in [1.807, 2.05) is 75.4 Å². The Balaban J connectivity index is 2.05. The van der Waals surface area contributed by atoms with E-state index < -0.39 is 11.9 Å². The SMILES string of the molecule is CC(C)(C)C(O)c1cccc(C2(c3ccccc3)OCCO2)c1. The van der Waals surface area contributed by atoms with E-state index in [4.69, 9.17) is 9.47 Å². The van der Waals surface area contributed by atoms with Gasteiger partial charge in [-0.1, -0.05) is 69.3 Å². The molecular formula is C20H24O3. The zero-order valence-electron chi connectivity index (χ0n) is 14.0. The maximum Gasteiger partial charge on any atom is 0.222 e. The monoisotopic (exact) mass is 312 g/mol. The summed E-state index contributed by atoms with van der Waals surface area (Å²) < 4.78 is 12.1. The van der Waals surface area contributed by atoms with E-state index in [1.165, 1.54) is 0 Å². The van der Waals surface area contributed by atoms with E-state index in [1.54, 1.807) is 0 Å². The van der Waals surface area contributed by atoms with Crippen molar-refractivity contribution in [2.75, 3.05) is 13.2 Å². The standard InChI is InChI=1S/C20H24O3/c1-19(2,3)18(21)15-8-7-11-17(14-15)20(22-12-13-23-20)16-9-5-4-6-10-16/h4-11,14,18,21H,12-13H2,1-3H3. The molecule has 2 aromatic carbocycles. The smallest absolute Gasteiger partial charge is 0.222 e. The maximum atomic E-state index is 10.6. The van der Waals surface area contributed by atoms with Gasteiger partial charge < -0.3 is 14.6 Å². The van der Waals surface area contributed by atoms with E-state index >= 15 is 0 Å². The van der Waals surface area contributed by atoms with Crippen LogP contribution in [0.15, 0.2) is 54.6 Å². The van der Waals surface area contributed by atoms with Crippen molar-refractivity contribution in [3.8, 4) is 0 Å². The molecule has 23 heavy (non-hydrogen) atoms. The van der Waals surface area contributed by atoms with E-state index in [0.29, 0.717) is 13.2 Å². The van der Waals surface area contributed by atoms with Gasteiger partial charge >= 0.3 is 0 Å². The second kappa shape index (κ2) is 6.08. The van der Waals surface area contributed by atoms with Crippen LogP contribution in [0.25, 0.3) is 0 Å². The highest BCUT2D eigenvalue weighted by Crippen LogP contribution is 2.40. The van der Waals surface area contributed by atoms with Gasteiger partial charge in [0.25, 0.3) is 0 Å². The van der Waals surface area contributed by atoms with Crippen LogP contribution < -0.4 is 0 Å². The molecule has 1 heterocycles. The van der Waals surface area contributed by atoms with Gasteiger partial charge in [-0.25, -0.2) is 0 Å². The number of aliphatic hydroxyl groups excluding tert-OH is 1. The van der Waals surface area contributed by atoms with Crippen LogP contribution in [0, 0.1) is 5.41 Å². The molecule has 1 saturated heterocycles. The third-order valence-electron chi connectivity index (χ3n) is 4.25. The van der Waals surface area contributed by atoms with Crippen LogP contribution in [0.1, 0.15) is 43.6 Å². The number of benzene rings is 2. The van der Waals surface area contributed by atoms with E-state index in [2.05, 4.69) is 0 Å². The maximum absolute atomic E-state index is 10.6. The molecule has 0 aromatic heterocycles. The van der Waals surface area contributed by atoms with E-state index in [-0.39, 0.29) is 5.41 Å². The predicted molar refractivity (Wildman–Crippen MR) is 90.0 cm³/mol. The molecule has 0 aliphatic carbocycles. The van der Waals surface area contributed by atoms with Gasteiger partial charge in [0.15, 0.2) is 0 Å². The zero-order valence-corrected chi connectivity index (χ0v) is 14.0. The van der Waals surface area contributed by atoms with Gasteiger partial charge in [0.2, 0.25) is 5.79 Å². The second-order valence-corrected chi connectivity index (χ2v) is 7.07. The lowest BCUT2D eigenvalue weighted by atomic mass is 9.83. The fourth-order valence-electron chi connectivity index (χ4n) is 2.98.